The van der Waals surface area contributed by atoms with Crippen LogP contribution in [0, 0.1) is 0 Å². The summed E-state index contributed by atoms with van der Waals surface area (Å²) in [6.07, 6.45) is 4.33. The summed E-state index contributed by atoms with van der Waals surface area (Å²) >= 11 is 7.52. The van der Waals surface area contributed by atoms with Gasteiger partial charge < -0.3 is 10.5 Å². The predicted octanol–water partition coefficient (Wildman–Crippen LogP) is 1.66. The Kier molecular flexibility index (Phi) is 3.36. The van der Waals surface area contributed by atoms with Crippen LogP contribution < -0.4 is 5.73 Å². The summed E-state index contributed by atoms with van der Waals surface area (Å²) in [5.41, 5.74) is 5.81. The van der Waals surface area contributed by atoms with Crippen LogP contribution in [0.3, 0.4) is 0 Å². The highest BCUT2D eigenvalue weighted by atomic mass is 35.5. The molecule has 17 heavy (non-hydrogen) atoms. The van der Waals surface area contributed by atoms with Crippen molar-refractivity contribution in [2.45, 2.75) is 31.0 Å². The van der Waals surface area contributed by atoms with E-state index in [2.05, 4.69) is 9.88 Å². The monoisotopic (exact) mass is 273 g/mol. The van der Waals surface area contributed by atoms with Crippen LogP contribution in [0.15, 0.2) is 6.20 Å². The third-order valence-corrected chi connectivity index (χ3v) is 4.57. The minimum Gasteiger partial charge on any atom is -0.373 e. The van der Waals surface area contributed by atoms with Gasteiger partial charge in [0, 0.05) is 19.1 Å². The Hall–Kier alpha value is -0.200. The van der Waals surface area contributed by atoms with Crippen molar-refractivity contribution < 1.29 is 4.74 Å². The third kappa shape index (κ3) is 2.35. The number of nitrogens with zero attached hydrogens (tertiary/aromatic N) is 2. The number of aromatic nitrogens is 1. The van der Waals surface area contributed by atoms with Crippen molar-refractivity contribution in [2.24, 2.45) is 5.73 Å². The van der Waals surface area contributed by atoms with E-state index in [0.29, 0.717) is 12.6 Å². The zero-order chi connectivity index (χ0) is 11.8. The first-order valence-corrected chi connectivity index (χ1v) is 7.17. The fourth-order valence-corrected chi connectivity index (χ4v) is 3.58. The van der Waals surface area contributed by atoms with Gasteiger partial charge in [0.15, 0.2) is 0 Å². The maximum Gasteiger partial charge on any atom is 0.114 e. The van der Waals surface area contributed by atoms with Gasteiger partial charge >= 0.3 is 0 Å². The summed E-state index contributed by atoms with van der Waals surface area (Å²) in [4.78, 5) is 6.90. The van der Waals surface area contributed by atoms with Gasteiger partial charge in [-0.05, 0) is 12.8 Å². The summed E-state index contributed by atoms with van der Waals surface area (Å²) in [7, 11) is 0. The molecule has 2 N–H and O–H groups in total. The second-order valence-corrected chi connectivity index (χ2v) is 6.25. The van der Waals surface area contributed by atoms with E-state index in [0.717, 1.165) is 22.5 Å². The molecular formula is C11H16ClN3OS. The SMILES string of the molecule is NCC1OCCN(C2CC2)C1c1ncc(Cl)s1. The van der Waals surface area contributed by atoms with E-state index >= 15 is 0 Å². The number of halogens is 1. The van der Waals surface area contributed by atoms with E-state index in [1.807, 2.05) is 0 Å². The van der Waals surface area contributed by atoms with Crippen molar-refractivity contribution in [1.82, 2.24) is 9.88 Å². The Morgan fingerprint density at radius 2 is 2.41 bits per heavy atom. The van der Waals surface area contributed by atoms with Gasteiger partial charge in [-0.25, -0.2) is 4.98 Å². The smallest absolute Gasteiger partial charge is 0.114 e. The number of nitrogens with two attached hydrogens (primary N) is 1. The summed E-state index contributed by atoms with van der Waals surface area (Å²) in [6, 6.07) is 0.888. The van der Waals surface area contributed by atoms with Gasteiger partial charge in [-0.15, -0.1) is 11.3 Å². The summed E-state index contributed by atoms with van der Waals surface area (Å²) in [5.74, 6) is 0. The lowest BCUT2D eigenvalue weighted by Crippen LogP contribution is -2.49. The van der Waals surface area contributed by atoms with Crippen molar-refractivity contribution >= 4 is 22.9 Å². The van der Waals surface area contributed by atoms with Gasteiger partial charge in [0.1, 0.15) is 9.34 Å². The Balaban J connectivity index is 1.88. The maximum atomic E-state index is 5.98. The summed E-state index contributed by atoms with van der Waals surface area (Å²) in [5, 5.41) is 1.04. The van der Waals surface area contributed by atoms with Gasteiger partial charge in [0.05, 0.1) is 24.9 Å². The number of hydrogen-bond donors (Lipinski definition) is 1. The molecule has 3 rings (SSSR count). The fourth-order valence-electron chi connectivity index (χ4n) is 2.47. The molecule has 2 unspecified atom stereocenters. The highest BCUT2D eigenvalue weighted by molar-refractivity contribution is 7.15. The normalized spacial score (nSPS) is 30.7. The van der Waals surface area contributed by atoms with Crippen molar-refractivity contribution in [3.8, 4) is 0 Å². The molecule has 0 aromatic carbocycles. The van der Waals surface area contributed by atoms with Crippen LogP contribution in [0.5, 0.6) is 0 Å². The molecule has 0 radical (unpaired) electrons. The molecule has 0 bridgehead atoms. The topological polar surface area (TPSA) is 51.4 Å². The summed E-state index contributed by atoms with van der Waals surface area (Å²) in [6.45, 7) is 2.28. The number of morpholine rings is 1. The molecule has 2 fully saturated rings. The first-order chi connectivity index (χ1) is 8.29. The van der Waals surface area contributed by atoms with Crippen molar-refractivity contribution in [3.63, 3.8) is 0 Å². The van der Waals surface area contributed by atoms with E-state index in [9.17, 15) is 0 Å². The number of ether oxygens (including phenoxy) is 1. The van der Waals surface area contributed by atoms with Gasteiger partial charge in [0.25, 0.3) is 0 Å². The second-order valence-electron chi connectivity index (χ2n) is 4.56. The summed E-state index contributed by atoms with van der Waals surface area (Å²) < 4.78 is 6.50. The minimum atomic E-state index is 0.0477. The first kappa shape index (κ1) is 11.9. The molecule has 0 spiro atoms. The number of rotatable bonds is 3. The maximum absolute atomic E-state index is 5.98. The molecule has 1 aliphatic carbocycles. The molecule has 6 heteroatoms. The van der Waals surface area contributed by atoms with E-state index in [4.69, 9.17) is 22.1 Å². The van der Waals surface area contributed by atoms with Crippen molar-refractivity contribution in [2.75, 3.05) is 19.7 Å². The van der Waals surface area contributed by atoms with Crippen molar-refractivity contribution in [1.29, 1.82) is 0 Å². The van der Waals surface area contributed by atoms with Crippen LogP contribution in [0.25, 0.3) is 0 Å². The van der Waals surface area contributed by atoms with Crippen LogP contribution in [-0.2, 0) is 4.74 Å². The molecule has 0 amide bonds. The van der Waals surface area contributed by atoms with Crippen LogP contribution in [0.2, 0.25) is 4.34 Å². The van der Waals surface area contributed by atoms with Crippen LogP contribution in [-0.4, -0.2) is 41.7 Å². The first-order valence-electron chi connectivity index (χ1n) is 5.98. The fraction of sp³-hybridized carbons (Fsp3) is 0.727. The van der Waals surface area contributed by atoms with Crippen molar-refractivity contribution in [3.05, 3.63) is 15.5 Å². The van der Waals surface area contributed by atoms with Gasteiger partial charge in [-0.3, -0.25) is 4.90 Å². The second kappa shape index (κ2) is 4.82. The highest BCUT2D eigenvalue weighted by Gasteiger charge is 2.42. The van der Waals surface area contributed by atoms with Gasteiger partial charge in [-0.1, -0.05) is 11.6 Å². The van der Waals surface area contributed by atoms with E-state index in [1.165, 1.54) is 24.2 Å². The molecule has 1 saturated heterocycles. The van der Waals surface area contributed by atoms with Crippen LogP contribution >= 0.6 is 22.9 Å². The number of thiazole rings is 1. The molecule has 2 atom stereocenters. The van der Waals surface area contributed by atoms with Crippen LogP contribution in [0.4, 0.5) is 0 Å². The predicted molar refractivity (Wildman–Crippen MR) is 68.4 cm³/mol. The molecule has 1 saturated carbocycles. The molecule has 94 valence electrons. The largest absolute Gasteiger partial charge is 0.373 e. The minimum absolute atomic E-state index is 0.0477. The highest BCUT2D eigenvalue weighted by Crippen LogP contribution is 2.40. The Morgan fingerprint density at radius 1 is 1.59 bits per heavy atom. The lowest BCUT2D eigenvalue weighted by molar-refractivity contribution is -0.0712. The van der Waals surface area contributed by atoms with E-state index in [1.54, 1.807) is 6.20 Å². The van der Waals surface area contributed by atoms with Gasteiger partial charge in [-0.2, -0.15) is 0 Å². The van der Waals surface area contributed by atoms with E-state index < -0.39 is 0 Å². The quantitative estimate of drug-likeness (QED) is 0.910. The average molecular weight is 274 g/mol. The molecular weight excluding hydrogens is 258 g/mol. The molecule has 4 nitrogen and oxygen atoms in total. The molecule has 1 aromatic heterocycles. The third-order valence-electron chi connectivity index (χ3n) is 3.39. The Labute approximate surface area is 110 Å². The Bertz CT molecular complexity index is 396. The molecule has 1 aliphatic heterocycles. The molecule has 2 heterocycles. The molecule has 2 aliphatic rings. The number of hydrogen-bond acceptors (Lipinski definition) is 5. The zero-order valence-corrected chi connectivity index (χ0v) is 11.1. The average Bonchev–Trinajstić information content (AvgIpc) is 3.11. The lowest BCUT2D eigenvalue weighted by atomic mass is 10.1. The Morgan fingerprint density at radius 3 is 3.00 bits per heavy atom. The lowest BCUT2D eigenvalue weighted by Gasteiger charge is -2.39. The molecule has 1 aromatic rings. The zero-order valence-electron chi connectivity index (χ0n) is 9.51. The standard InChI is InChI=1S/C11H16ClN3OS/c12-9-6-14-11(17-9)10-8(5-13)16-4-3-15(10)7-1-2-7/h6-8,10H,1-5,13H2. The van der Waals surface area contributed by atoms with Crippen LogP contribution in [0.1, 0.15) is 23.9 Å². The van der Waals surface area contributed by atoms with E-state index in [-0.39, 0.29) is 12.1 Å². The van der Waals surface area contributed by atoms with Gasteiger partial charge in [0.2, 0.25) is 0 Å².